The molecule has 2 N–H and O–H groups in total. The summed E-state index contributed by atoms with van der Waals surface area (Å²) < 4.78 is 0. The number of hydrogen-bond donors (Lipinski definition) is 4. The number of anilines is 2. The number of hydrogen-bond acceptors (Lipinski definition) is 3. The Morgan fingerprint density at radius 2 is 1.06 bits per heavy atom. The fourth-order valence-corrected chi connectivity index (χ4v) is 1.92. The van der Waals surface area contributed by atoms with E-state index in [1.807, 2.05) is 48.5 Å². The highest BCUT2D eigenvalue weighted by Crippen LogP contribution is 2.14. The van der Waals surface area contributed by atoms with Gasteiger partial charge in [0.25, 0.3) is 0 Å². The topological polar surface area (TPSA) is 24.1 Å². The van der Waals surface area contributed by atoms with Gasteiger partial charge < -0.3 is 10.6 Å². The Kier molecular flexibility index (Phi) is 4.52. The second-order valence-corrected chi connectivity index (χ2v) is 5.11. The predicted octanol–water partition coefficient (Wildman–Crippen LogP) is 4.07. The summed E-state index contributed by atoms with van der Waals surface area (Å²) >= 11 is 13.7. The Bertz CT molecular complexity index is 486. The van der Waals surface area contributed by atoms with E-state index in [0.717, 1.165) is 21.2 Å². The molecule has 0 aliphatic heterocycles. The molecule has 2 aromatic carbocycles. The molecule has 5 heteroatoms. The Hall–Kier alpha value is -1.17. The van der Waals surface area contributed by atoms with Crippen LogP contribution in [0.5, 0.6) is 0 Å². The summed E-state index contributed by atoms with van der Waals surface area (Å²) in [5.74, 6) is 0. The quantitative estimate of drug-likeness (QED) is 0.496. The molecule has 0 radical (unpaired) electrons. The number of thiocarbonyl (C=S) groups is 1. The molecule has 0 spiro atoms. The summed E-state index contributed by atoms with van der Waals surface area (Å²) in [6, 6.07) is 15.3. The van der Waals surface area contributed by atoms with Crippen LogP contribution >= 0.6 is 37.5 Å². The van der Waals surface area contributed by atoms with Gasteiger partial charge in [0.1, 0.15) is 0 Å². The lowest BCUT2D eigenvalue weighted by Gasteiger charge is -2.10. The molecule has 0 aliphatic carbocycles. The van der Waals surface area contributed by atoms with Crippen LogP contribution in [0.3, 0.4) is 0 Å². The third kappa shape index (κ3) is 3.94. The molecule has 0 atom stereocenters. The maximum Gasteiger partial charge on any atom is 0.175 e. The summed E-state index contributed by atoms with van der Waals surface area (Å²) in [6.07, 6.45) is 0. The molecule has 0 aliphatic rings. The first-order chi connectivity index (χ1) is 8.63. The van der Waals surface area contributed by atoms with Crippen molar-refractivity contribution in [1.82, 2.24) is 0 Å². The van der Waals surface area contributed by atoms with E-state index in [1.54, 1.807) is 0 Å². The van der Waals surface area contributed by atoms with Gasteiger partial charge in [-0.25, -0.2) is 0 Å². The van der Waals surface area contributed by atoms with Crippen LogP contribution in [0.15, 0.2) is 58.3 Å². The van der Waals surface area contributed by atoms with Gasteiger partial charge in [0.2, 0.25) is 0 Å². The van der Waals surface area contributed by atoms with Gasteiger partial charge in [-0.1, -0.05) is 0 Å². The van der Waals surface area contributed by atoms with E-state index >= 15 is 0 Å². The van der Waals surface area contributed by atoms with Crippen molar-refractivity contribution in [3.05, 3.63) is 48.5 Å². The third-order valence-corrected chi connectivity index (χ3v) is 3.05. The van der Waals surface area contributed by atoms with Crippen molar-refractivity contribution < 1.29 is 0 Å². The zero-order chi connectivity index (χ0) is 13.0. The fraction of sp³-hybridized carbons (Fsp3) is 0. The Labute approximate surface area is 123 Å². The van der Waals surface area contributed by atoms with E-state index in [2.05, 4.69) is 35.9 Å². The predicted molar refractivity (Wildman–Crippen MR) is 87.2 cm³/mol. The van der Waals surface area contributed by atoms with Crippen LogP contribution in [0, 0.1) is 0 Å². The summed E-state index contributed by atoms with van der Waals surface area (Å²) in [5, 5.41) is 6.75. The molecular weight excluding hydrogens is 280 g/mol. The van der Waals surface area contributed by atoms with Crippen LogP contribution in [-0.2, 0) is 0 Å². The average molecular weight is 292 g/mol. The summed E-state index contributed by atoms with van der Waals surface area (Å²) in [5.41, 5.74) is 1.85. The maximum atomic E-state index is 5.22. The summed E-state index contributed by atoms with van der Waals surface area (Å²) in [6.45, 7) is 0. The molecule has 0 amide bonds. The molecule has 2 aromatic rings. The molecule has 0 fully saturated rings. The van der Waals surface area contributed by atoms with Crippen molar-refractivity contribution in [3.8, 4) is 0 Å². The van der Waals surface area contributed by atoms with Crippen LogP contribution in [0.4, 0.5) is 11.4 Å². The van der Waals surface area contributed by atoms with Gasteiger partial charge in [-0.3, -0.25) is 0 Å². The minimum absolute atomic E-state index is 0.550. The van der Waals surface area contributed by atoms with E-state index in [1.165, 1.54) is 0 Å². The first kappa shape index (κ1) is 13.3. The number of rotatable bonds is 2. The average Bonchev–Trinajstić information content (AvgIpc) is 2.35. The molecule has 0 unspecified atom stereocenters. The largest absolute Gasteiger partial charge is 0.332 e. The van der Waals surface area contributed by atoms with Gasteiger partial charge in [0.05, 0.1) is 0 Å². The molecule has 0 bridgehead atoms. The third-order valence-electron chi connectivity index (χ3n) is 2.25. The van der Waals surface area contributed by atoms with Crippen LogP contribution in [0.1, 0.15) is 0 Å². The number of benzene rings is 2. The van der Waals surface area contributed by atoms with E-state index in [9.17, 15) is 0 Å². The van der Waals surface area contributed by atoms with E-state index < -0.39 is 0 Å². The van der Waals surface area contributed by atoms with Gasteiger partial charge in [0, 0.05) is 21.2 Å². The van der Waals surface area contributed by atoms with Gasteiger partial charge in [-0.2, -0.15) is 0 Å². The molecule has 92 valence electrons. The second kappa shape index (κ2) is 6.13. The zero-order valence-corrected chi connectivity index (χ0v) is 12.0. The fourth-order valence-electron chi connectivity index (χ4n) is 1.38. The van der Waals surface area contributed by atoms with Crippen molar-refractivity contribution >= 4 is 54.0 Å². The van der Waals surface area contributed by atoms with Gasteiger partial charge in [-0.05, 0) is 60.7 Å². The van der Waals surface area contributed by atoms with Crippen molar-refractivity contribution in [2.45, 2.75) is 9.79 Å². The Balaban J connectivity index is 1.96. The second-order valence-electron chi connectivity index (χ2n) is 3.67. The molecule has 2 rings (SSSR count). The summed E-state index contributed by atoms with van der Waals surface area (Å²) in [7, 11) is 0. The highest BCUT2D eigenvalue weighted by Gasteiger charge is 1.98. The lowest BCUT2D eigenvalue weighted by Crippen LogP contribution is -2.18. The lowest BCUT2D eigenvalue weighted by molar-refractivity contribution is 1.46. The van der Waals surface area contributed by atoms with Gasteiger partial charge >= 0.3 is 0 Å². The van der Waals surface area contributed by atoms with Crippen molar-refractivity contribution in [2.75, 3.05) is 10.6 Å². The van der Waals surface area contributed by atoms with Gasteiger partial charge in [-0.15, -0.1) is 25.3 Å². The highest BCUT2D eigenvalue weighted by atomic mass is 32.1. The minimum atomic E-state index is 0.550. The van der Waals surface area contributed by atoms with Crippen molar-refractivity contribution in [3.63, 3.8) is 0 Å². The zero-order valence-electron chi connectivity index (χ0n) is 9.42. The van der Waals surface area contributed by atoms with Crippen LogP contribution in [0.2, 0.25) is 0 Å². The molecule has 0 saturated carbocycles. The standard InChI is InChI=1S/C13H12N2S3/c16-11-5-1-9(2-6-11)14-13(18)15-10-3-7-12(17)8-4-10/h1-8,16-17H,(H2,14,15,18). The number of thiol groups is 2. The van der Waals surface area contributed by atoms with E-state index in [0.29, 0.717) is 5.11 Å². The molecule has 0 aromatic heterocycles. The SMILES string of the molecule is S=C(Nc1ccc(S)cc1)Nc1ccc(S)cc1. The normalized spacial score (nSPS) is 9.89. The van der Waals surface area contributed by atoms with Crippen molar-refractivity contribution in [2.24, 2.45) is 0 Å². The van der Waals surface area contributed by atoms with E-state index in [-0.39, 0.29) is 0 Å². The molecule has 18 heavy (non-hydrogen) atoms. The minimum Gasteiger partial charge on any atom is -0.332 e. The number of nitrogens with one attached hydrogen (secondary N) is 2. The lowest BCUT2D eigenvalue weighted by atomic mass is 10.3. The summed E-state index contributed by atoms with van der Waals surface area (Å²) in [4.78, 5) is 1.84. The van der Waals surface area contributed by atoms with Gasteiger partial charge in [0.15, 0.2) is 5.11 Å². The molecule has 0 saturated heterocycles. The molecule has 2 nitrogen and oxygen atoms in total. The first-order valence-corrected chi connectivity index (χ1v) is 6.60. The smallest absolute Gasteiger partial charge is 0.175 e. The Morgan fingerprint density at radius 1 is 0.722 bits per heavy atom. The van der Waals surface area contributed by atoms with Crippen molar-refractivity contribution in [1.29, 1.82) is 0 Å². The highest BCUT2D eigenvalue weighted by molar-refractivity contribution is 7.81. The van der Waals surface area contributed by atoms with E-state index in [4.69, 9.17) is 12.2 Å². The van der Waals surface area contributed by atoms with Crippen LogP contribution in [-0.4, -0.2) is 5.11 Å². The van der Waals surface area contributed by atoms with Crippen LogP contribution in [0.25, 0.3) is 0 Å². The molecule has 0 heterocycles. The monoisotopic (exact) mass is 292 g/mol. The first-order valence-electron chi connectivity index (χ1n) is 5.29. The molecular formula is C13H12N2S3. The maximum absolute atomic E-state index is 5.22. The van der Waals surface area contributed by atoms with Crippen LogP contribution < -0.4 is 10.6 Å². The Morgan fingerprint density at radius 3 is 1.39 bits per heavy atom.